The molecule has 1 heterocycles. The molecule has 2 atom stereocenters. The summed E-state index contributed by atoms with van der Waals surface area (Å²) >= 11 is 0. The Morgan fingerprint density at radius 2 is 2.19 bits per heavy atom. The Morgan fingerprint density at radius 1 is 1.56 bits per heavy atom. The summed E-state index contributed by atoms with van der Waals surface area (Å²) in [6.07, 6.45) is 1.30. The van der Waals surface area contributed by atoms with Crippen molar-refractivity contribution in [2.45, 2.75) is 31.8 Å². The van der Waals surface area contributed by atoms with Crippen molar-refractivity contribution in [3.63, 3.8) is 0 Å². The van der Waals surface area contributed by atoms with Crippen LogP contribution in [0.25, 0.3) is 0 Å². The molecular formula is C9H18N4O2S. The quantitative estimate of drug-likeness (QED) is 0.679. The van der Waals surface area contributed by atoms with Crippen LogP contribution in [-0.4, -0.2) is 31.0 Å². The van der Waals surface area contributed by atoms with Crippen molar-refractivity contribution in [1.82, 2.24) is 14.7 Å². The van der Waals surface area contributed by atoms with Gasteiger partial charge in [-0.3, -0.25) is 0 Å². The molecule has 1 aromatic heterocycles. The number of sulfonamides is 1. The molecule has 0 aromatic carbocycles. The molecule has 7 heteroatoms. The smallest absolute Gasteiger partial charge is 0.257 e. The number of rotatable bonds is 5. The number of H-pyrrole nitrogens is 1. The molecular weight excluding hydrogens is 228 g/mol. The van der Waals surface area contributed by atoms with Gasteiger partial charge in [0.25, 0.3) is 10.0 Å². The van der Waals surface area contributed by atoms with E-state index >= 15 is 0 Å². The van der Waals surface area contributed by atoms with E-state index in [1.54, 1.807) is 13.8 Å². The van der Waals surface area contributed by atoms with Crippen molar-refractivity contribution in [3.8, 4) is 0 Å². The third kappa shape index (κ3) is 3.03. The molecule has 2 unspecified atom stereocenters. The van der Waals surface area contributed by atoms with Gasteiger partial charge in [0.05, 0.1) is 6.20 Å². The maximum atomic E-state index is 11.9. The molecule has 0 saturated heterocycles. The van der Waals surface area contributed by atoms with Crippen LogP contribution in [0.3, 0.4) is 0 Å². The van der Waals surface area contributed by atoms with Gasteiger partial charge in [0.1, 0.15) is 5.82 Å². The summed E-state index contributed by atoms with van der Waals surface area (Å²) in [5.41, 5.74) is 5.48. The van der Waals surface area contributed by atoms with Crippen molar-refractivity contribution in [3.05, 3.63) is 12.0 Å². The number of imidazole rings is 1. The first-order valence-corrected chi connectivity index (χ1v) is 6.59. The van der Waals surface area contributed by atoms with E-state index in [2.05, 4.69) is 14.7 Å². The van der Waals surface area contributed by atoms with E-state index in [1.807, 2.05) is 6.92 Å². The molecule has 0 aliphatic carbocycles. The zero-order chi connectivity index (χ0) is 12.3. The summed E-state index contributed by atoms with van der Waals surface area (Å²) < 4.78 is 26.3. The zero-order valence-corrected chi connectivity index (χ0v) is 10.5. The Bertz CT molecular complexity index is 440. The molecule has 0 aliphatic heterocycles. The monoisotopic (exact) mass is 246 g/mol. The van der Waals surface area contributed by atoms with Gasteiger partial charge in [-0.2, -0.15) is 0 Å². The van der Waals surface area contributed by atoms with Gasteiger partial charge in [0.15, 0.2) is 5.03 Å². The summed E-state index contributed by atoms with van der Waals surface area (Å²) in [7, 11) is -3.52. The minimum absolute atomic E-state index is 0.0822. The number of aromatic nitrogens is 2. The van der Waals surface area contributed by atoms with Crippen LogP contribution in [0.1, 0.15) is 19.7 Å². The number of aromatic amines is 1. The van der Waals surface area contributed by atoms with Gasteiger partial charge in [-0.1, -0.05) is 6.92 Å². The average Bonchev–Trinajstić information content (AvgIpc) is 2.63. The third-order valence-electron chi connectivity index (χ3n) is 2.54. The maximum Gasteiger partial charge on any atom is 0.257 e. The lowest BCUT2D eigenvalue weighted by Crippen LogP contribution is -2.39. The van der Waals surface area contributed by atoms with E-state index in [0.29, 0.717) is 12.4 Å². The van der Waals surface area contributed by atoms with Crippen LogP contribution in [0.2, 0.25) is 0 Å². The van der Waals surface area contributed by atoms with Crippen LogP contribution in [0, 0.1) is 12.8 Å². The van der Waals surface area contributed by atoms with E-state index < -0.39 is 10.0 Å². The van der Waals surface area contributed by atoms with Crippen LogP contribution in [0.15, 0.2) is 11.2 Å². The second kappa shape index (κ2) is 4.94. The minimum atomic E-state index is -3.52. The fourth-order valence-electron chi connectivity index (χ4n) is 1.16. The van der Waals surface area contributed by atoms with Gasteiger partial charge in [0, 0.05) is 6.04 Å². The molecule has 6 nitrogen and oxygen atoms in total. The Hall–Kier alpha value is -0.920. The summed E-state index contributed by atoms with van der Waals surface area (Å²) in [4.78, 5) is 6.54. The Morgan fingerprint density at radius 3 is 2.62 bits per heavy atom. The first-order valence-electron chi connectivity index (χ1n) is 5.11. The van der Waals surface area contributed by atoms with Crippen molar-refractivity contribution in [2.24, 2.45) is 11.7 Å². The van der Waals surface area contributed by atoms with Gasteiger partial charge in [-0.25, -0.2) is 18.1 Å². The number of hydrogen-bond acceptors (Lipinski definition) is 4. The second-order valence-corrected chi connectivity index (χ2v) is 5.64. The molecule has 1 aromatic rings. The van der Waals surface area contributed by atoms with Crippen molar-refractivity contribution in [2.75, 3.05) is 6.54 Å². The Kier molecular flexibility index (Phi) is 4.06. The topological polar surface area (TPSA) is 101 Å². The van der Waals surface area contributed by atoms with E-state index in [-0.39, 0.29) is 17.0 Å². The standard InChI is InChI=1S/C9H18N4O2S/c1-6(4-10)7(2)13-16(14,15)9-5-11-8(3)12-9/h5-7,13H,4,10H2,1-3H3,(H,11,12). The molecule has 16 heavy (non-hydrogen) atoms. The van der Waals surface area contributed by atoms with E-state index in [9.17, 15) is 8.42 Å². The lowest BCUT2D eigenvalue weighted by Gasteiger charge is -2.18. The highest BCUT2D eigenvalue weighted by molar-refractivity contribution is 7.89. The first kappa shape index (κ1) is 13.1. The number of aryl methyl sites for hydroxylation is 1. The molecule has 4 N–H and O–H groups in total. The largest absolute Gasteiger partial charge is 0.332 e. The van der Waals surface area contributed by atoms with E-state index in [0.717, 1.165) is 0 Å². The lowest BCUT2D eigenvalue weighted by molar-refractivity contribution is 0.452. The molecule has 0 saturated carbocycles. The number of nitrogens with two attached hydrogens (primary N) is 1. The summed E-state index contributed by atoms with van der Waals surface area (Å²) in [5, 5.41) is 0.0843. The number of nitrogens with zero attached hydrogens (tertiary/aromatic N) is 1. The van der Waals surface area contributed by atoms with E-state index in [4.69, 9.17) is 5.73 Å². The van der Waals surface area contributed by atoms with Crippen LogP contribution in [0.5, 0.6) is 0 Å². The molecule has 1 rings (SSSR count). The molecule has 0 radical (unpaired) electrons. The minimum Gasteiger partial charge on any atom is -0.332 e. The van der Waals surface area contributed by atoms with Crippen molar-refractivity contribution >= 4 is 10.0 Å². The predicted octanol–water partition coefficient (Wildman–Crippen LogP) is -0.0203. The molecule has 0 bridgehead atoms. The molecule has 92 valence electrons. The van der Waals surface area contributed by atoms with Gasteiger partial charge >= 0.3 is 0 Å². The van der Waals surface area contributed by atoms with Gasteiger partial charge < -0.3 is 10.7 Å². The van der Waals surface area contributed by atoms with Crippen LogP contribution in [-0.2, 0) is 10.0 Å². The highest BCUT2D eigenvalue weighted by atomic mass is 32.2. The Balaban J connectivity index is 2.80. The predicted molar refractivity (Wildman–Crippen MR) is 61.3 cm³/mol. The van der Waals surface area contributed by atoms with Gasteiger partial charge in [-0.15, -0.1) is 0 Å². The SMILES string of the molecule is Cc1ncc(S(=O)(=O)NC(C)C(C)CN)[nH]1. The number of hydrogen-bond donors (Lipinski definition) is 3. The molecule has 0 spiro atoms. The van der Waals surface area contributed by atoms with Crippen LogP contribution >= 0.6 is 0 Å². The fraction of sp³-hybridized carbons (Fsp3) is 0.667. The van der Waals surface area contributed by atoms with Gasteiger partial charge in [0.2, 0.25) is 0 Å². The zero-order valence-electron chi connectivity index (χ0n) is 9.69. The van der Waals surface area contributed by atoms with Crippen molar-refractivity contribution in [1.29, 1.82) is 0 Å². The highest BCUT2D eigenvalue weighted by Gasteiger charge is 2.21. The normalized spacial score (nSPS) is 16.0. The molecule has 0 fully saturated rings. The summed E-state index contributed by atoms with van der Waals surface area (Å²) in [6.45, 7) is 5.82. The van der Waals surface area contributed by atoms with Gasteiger partial charge in [-0.05, 0) is 26.3 Å². The summed E-state index contributed by atoms with van der Waals surface area (Å²) in [6, 6.07) is -0.210. The average molecular weight is 246 g/mol. The van der Waals surface area contributed by atoms with E-state index in [1.165, 1.54) is 6.20 Å². The molecule has 0 aliphatic rings. The van der Waals surface area contributed by atoms with Crippen LogP contribution in [0.4, 0.5) is 0 Å². The highest BCUT2D eigenvalue weighted by Crippen LogP contribution is 2.08. The first-order chi connectivity index (χ1) is 7.36. The number of nitrogens with one attached hydrogen (secondary N) is 2. The van der Waals surface area contributed by atoms with Crippen molar-refractivity contribution < 1.29 is 8.42 Å². The fourth-order valence-corrected chi connectivity index (χ4v) is 2.49. The Labute approximate surface area is 95.7 Å². The molecule has 0 amide bonds. The van der Waals surface area contributed by atoms with Crippen LogP contribution < -0.4 is 10.5 Å². The second-order valence-electron chi connectivity index (χ2n) is 3.96. The third-order valence-corrected chi connectivity index (χ3v) is 4.00. The summed E-state index contributed by atoms with van der Waals surface area (Å²) in [5.74, 6) is 0.652. The lowest BCUT2D eigenvalue weighted by atomic mass is 10.1. The maximum absolute atomic E-state index is 11.9.